The Bertz CT molecular complexity index is 930. The van der Waals surface area contributed by atoms with Crippen LogP contribution in [0.25, 0.3) is 0 Å². The van der Waals surface area contributed by atoms with Crippen molar-refractivity contribution in [3.63, 3.8) is 0 Å². The molecule has 1 aromatic rings. The predicted octanol–water partition coefficient (Wildman–Crippen LogP) is -0.805. The van der Waals surface area contributed by atoms with E-state index in [2.05, 4.69) is 0 Å². The molecule has 0 aromatic carbocycles. The first kappa shape index (κ1) is 48.1. The minimum Gasteiger partial charge on any atom is -0.384 e. The average molecular weight is 702 g/mol. The maximum Gasteiger partial charge on any atom is 0.335 e. The summed E-state index contributed by atoms with van der Waals surface area (Å²) in [5, 5.41) is 0. The van der Waals surface area contributed by atoms with E-state index < -0.39 is 17.1 Å². The highest BCUT2D eigenvalue weighted by Crippen LogP contribution is 2.24. The standard InChI is InChI=1S/C16H34O7.C9H20O4.C6H9N3O3/c1-17-7-15(8-18-2,9-19-3)13-23-14-16(10-20-4,11-21-5)12-22-6;1-10-5-9(6-11-2,7-12-3)8-13-4;1-7-4(10)8(2)6(12)9(3)5(7)11/h7-14H2,1-6H3;5-8H2,1-4H3;1-3H3. The van der Waals surface area contributed by atoms with Gasteiger partial charge in [0, 0.05) is 92.2 Å². The van der Waals surface area contributed by atoms with Crippen molar-refractivity contribution >= 4 is 0 Å². The molecule has 0 atom stereocenters. The molecule has 0 aliphatic rings. The topological polar surface area (TPSA) is 168 Å². The van der Waals surface area contributed by atoms with Gasteiger partial charge in [0.15, 0.2) is 0 Å². The van der Waals surface area contributed by atoms with E-state index in [1.54, 1.807) is 71.1 Å². The maximum absolute atomic E-state index is 11.1. The molecule has 286 valence electrons. The summed E-state index contributed by atoms with van der Waals surface area (Å²) < 4.78 is 61.1. The van der Waals surface area contributed by atoms with E-state index in [0.717, 1.165) is 13.7 Å². The Morgan fingerprint density at radius 3 is 0.625 bits per heavy atom. The molecule has 1 rings (SSSR count). The molecule has 1 aromatic heterocycles. The summed E-state index contributed by atoms with van der Waals surface area (Å²) in [6.07, 6.45) is 0. The van der Waals surface area contributed by atoms with Gasteiger partial charge in [-0.2, -0.15) is 0 Å². The molecule has 48 heavy (non-hydrogen) atoms. The zero-order valence-corrected chi connectivity index (χ0v) is 31.5. The van der Waals surface area contributed by atoms with Gasteiger partial charge < -0.3 is 52.1 Å². The van der Waals surface area contributed by atoms with Gasteiger partial charge in [-0.05, 0) is 0 Å². The Labute approximate surface area is 285 Å². The van der Waals surface area contributed by atoms with E-state index in [-0.39, 0.29) is 16.2 Å². The molecular formula is C31H63N3O14. The summed E-state index contributed by atoms with van der Waals surface area (Å²) in [5.41, 5.74) is -2.71. The van der Waals surface area contributed by atoms with Crippen molar-refractivity contribution in [3.05, 3.63) is 31.5 Å². The Kier molecular flexibility index (Phi) is 26.8. The zero-order chi connectivity index (χ0) is 37.2. The second-order valence-electron chi connectivity index (χ2n) is 11.8. The van der Waals surface area contributed by atoms with Crippen LogP contribution in [0.1, 0.15) is 0 Å². The summed E-state index contributed by atoms with van der Waals surface area (Å²) in [5.74, 6) is 0. The van der Waals surface area contributed by atoms with Gasteiger partial charge in [-0.25, -0.2) is 28.1 Å². The van der Waals surface area contributed by atoms with Crippen LogP contribution in [0.4, 0.5) is 0 Å². The Balaban J connectivity index is 0. The van der Waals surface area contributed by atoms with E-state index in [0.29, 0.717) is 79.3 Å². The van der Waals surface area contributed by atoms with Crippen molar-refractivity contribution in [2.45, 2.75) is 0 Å². The quantitative estimate of drug-likeness (QED) is 0.131. The second-order valence-corrected chi connectivity index (χ2v) is 11.8. The van der Waals surface area contributed by atoms with Crippen LogP contribution in [0, 0.1) is 16.2 Å². The second kappa shape index (κ2) is 26.8. The highest BCUT2D eigenvalue weighted by molar-refractivity contribution is 4.82. The van der Waals surface area contributed by atoms with Gasteiger partial charge in [0.1, 0.15) is 0 Å². The monoisotopic (exact) mass is 701 g/mol. The summed E-state index contributed by atoms with van der Waals surface area (Å²) in [6.45, 7) is 6.10. The molecule has 0 amide bonds. The lowest BCUT2D eigenvalue weighted by Crippen LogP contribution is -2.51. The molecule has 0 fully saturated rings. The molecule has 0 saturated heterocycles. The van der Waals surface area contributed by atoms with Gasteiger partial charge >= 0.3 is 17.1 Å². The van der Waals surface area contributed by atoms with Crippen molar-refractivity contribution in [1.82, 2.24) is 13.7 Å². The lowest BCUT2D eigenvalue weighted by Gasteiger charge is -2.35. The van der Waals surface area contributed by atoms with E-state index in [1.807, 2.05) is 0 Å². The molecule has 0 aliphatic carbocycles. The highest BCUT2D eigenvalue weighted by atomic mass is 16.5. The minimum atomic E-state index is -0.608. The molecule has 0 unspecified atom stereocenters. The van der Waals surface area contributed by atoms with Gasteiger partial charge in [-0.3, -0.25) is 0 Å². The summed E-state index contributed by atoms with van der Waals surface area (Å²) in [4.78, 5) is 33.2. The largest absolute Gasteiger partial charge is 0.384 e. The molecule has 0 aliphatic heterocycles. The van der Waals surface area contributed by atoms with Crippen LogP contribution in [0.2, 0.25) is 0 Å². The van der Waals surface area contributed by atoms with Gasteiger partial charge in [-0.1, -0.05) is 0 Å². The van der Waals surface area contributed by atoms with Crippen molar-refractivity contribution < 1.29 is 52.1 Å². The van der Waals surface area contributed by atoms with Gasteiger partial charge in [-0.15, -0.1) is 0 Å². The Morgan fingerprint density at radius 1 is 0.333 bits per heavy atom. The van der Waals surface area contributed by atoms with E-state index in [9.17, 15) is 14.4 Å². The van der Waals surface area contributed by atoms with Crippen molar-refractivity contribution in [2.75, 3.05) is 150 Å². The fourth-order valence-corrected chi connectivity index (χ4v) is 5.22. The van der Waals surface area contributed by atoms with E-state index in [4.69, 9.17) is 52.1 Å². The maximum atomic E-state index is 11.1. The highest BCUT2D eigenvalue weighted by Gasteiger charge is 2.35. The number of ether oxygens (including phenoxy) is 11. The molecule has 17 nitrogen and oxygen atoms in total. The van der Waals surface area contributed by atoms with Gasteiger partial charge in [0.05, 0.1) is 95.5 Å². The van der Waals surface area contributed by atoms with Crippen LogP contribution in [-0.4, -0.2) is 164 Å². The molecule has 0 spiro atoms. The van der Waals surface area contributed by atoms with Crippen LogP contribution >= 0.6 is 0 Å². The Morgan fingerprint density at radius 2 is 0.479 bits per heavy atom. The lowest BCUT2D eigenvalue weighted by atomic mass is 9.90. The number of hydrogen-bond acceptors (Lipinski definition) is 14. The first-order valence-corrected chi connectivity index (χ1v) is 15.1. The normalized spacial score (nSPS) is 11.9. The smallest absolute Gasteiger partial charge is 0.335 e. The van der Waals surface area contributed by atoms with Crippen LogP contribution in [0.3, 0.4) is 0 Å². The lowest BCUT2D eigenvalue weighted by molar-refractivity contribution is -0.125. The molecule has 0 saturated carbocycles. The van der Waals surface area contributed by atoms with E-state index in [1.165, 1.54) is 21.1 Å². The first-order chi connectivity index (χ1) is 22.8. The molecule has 0 radical (unpaired) electrons. The third-order valence-electron chi connectivity index (χ3n) is 7.04. The number of rotatable bonds is 24. The molecule has 1 heterocycles. The van der Waals surface area contributed by atoms with Gasteiger partial charge in [0.2, 0.25) is 0 Å². The number of methoxy groups -OCH3 is 10. The SMILES string of the molecule is COCC(COC)(COC)COC.COCC(COC)(COC)COCC(COC)(COC)COC.Cn1c(=O)n(C)c(=O)n(C)c1=O. The fraction of sp³-hybridized carbons (Fsp3) is 0.903. The third kappa shape index (κ3) is 16.6. The first-order valence-electron chi connectivity index (χ1n) is 15.1. The number of nitrogens with zero attached hydrogens (tertiary/aromatic N) is 3. The van der Waals surface area contributed by atoms with Crippen LogP contribution < -0.4 is 17.1 Å². The molecule has 0 bridgehead atoms. The zero-order valence-electron chi connectivity index (χ0n) is 31.5. The van der Waals surface area contributed by atoms with Crippen molar-refractivity contribution in [1.29, 1.82) is 0 Å². The Hall–Kier alpha value is -2.03. The molecule has 17 heteroatoms. The van der Waals surface area contributed by atoms with Crippen molar-refractivity contribution in [3.8, 4) is 0 Å². The fourth-order valence-electron chi connectivity index (χ4n) is 5.22. The van der Waals surface area contributed by atoms with Crippen LogP contribution in [-0.2, 0) is 73.2 Å². The van der Waals surface area contributed by atoms with Crippen LogP contribution in [0.5, 0.6) is 0 Å². The molecule has 0 N–H and O–H groups in total. The number of hydrogen-bond donors (Lipinski definition) is 0. The summed E-state index contributed by atoms with van der Waals surface area (Å²) in [6, 6.07) is 0. The average Bonchev–Trinajstić information content (AvgIpc) is 3.04. The summed E-state index contributed by atoms with van der Waals surface area (Å²) >= 11 is 0. The predicted molar refractivity (Wildman–Crippen MR) is 179 cm³/mol. The third-order valence-corrected chi connectivity index (χ3v) is 7.04. The minimum absolute atomic E-state index is 0.188. The molecular weight excluding hydrogens is 638 g/mol. The summed E-state index contributed by atoms with van der Waals surface area (Å²) in [7, 11) is 20.6. The van der Waals surface area contributed by atoms with E-state index >= 15 is 0 Å². The van der Waals surface area contributed by atoms with Gasteiger partial charge in [0.25, 0.3) is 0 Å². The van der Waals surface area contributed by atoms with Crippen LogP contribution in [0.15, 0.2) is 14.4 Å². The van der Waals surface area contributed by atoms with Crippen molar-refractivity contribution in [2.24, 2.45) is 37.4 Å². The number of aromatic nitrogens is 3.